The van der Waals surface area contributed by atoms with Crippen molar-refractivity contribution in [3.63, 3.8) is 0 Å². The van der Waals surface area contributed by atoms with Gasteiger partial charge in [-0.25, -0.2) is 4.39 Å². The highest BCUT2D eigenvalue weighted by atomic mass is 19.3. The molecule has 0 radical (unpaired) electrons. The van der Waals surface area contributed by atoms with Gasteiger partial charge in [0.15, 0.2) is 5.78 Å². The van der Waals surface area contributed by atoms with E-state index in [2.05, 4.69) is 15.3 Å². The number of hydrogen-bond acceptors (Lipinski definition) is 4. The number of alkyl halides is 2. The molecule has 0 unspecified atom stereocenters. The molecule has 0 fully saturated rings. The Morgan fingerprint density at radius 3 is 2.50 bits per heavy atom. The van der Waals surface area contributed by atoms with E-state index in [9.17, 15) is 22.8 Å². The number of carbonyl (C=O) groups excluding carboxylic acids is 2. The topological polar surface area (TPSA) is 88.0 Å². The minimum atomic E-state index is -3.24. The van der Waals surface area contributed by atoms with Crippen LogP contribution < -0.4 is 5.32 Å². The second kappa shape index (κ2) is 10.7. The number of rotatable bonds is 8. The summed E-state index contributed by atoms with van der Waals surface area (Å²) in [6.45, 7) is 0. The summed E-state index contributed by atoms with van der Waals surface area (Å²) in [7, 11) is 1.51. The van der Waals surface area contributed by atoms with Crippen molar-refractivity contribution in [2.75, 3.05) is 7.05 Å². The number of fused-ring (bicyclic) bond motifs is 3. The normalized spacial score (nSPS) is 11.7. The van der Waals surface area contributed by atoms with E-state index < -0.39 is 23.9 Å². The van der Waals surface area contributed by atoms with Crippen LogP contribution in [0.25, 0.3) is 44.3 Å². The van der Waals surface area contributed by atoms with Gasteiger partial charge in [0.25, 0.3) is 11.8 Å². The van der Waals surface area contributed by atoms with Gasteiger partial charge in [-0.15, -0.1) is 0 Å². The summed E-state index contributed by atoms with van der Waals surface area (Å²) in [6, 6.07) is 20.3. The lowest BCUT2D eigenvalue weighted by Crippen LogP contribution is -2.18. The molecule has 1 amide bonds. The van der Waals surface area contributed by atoms with E-state index in [4.69, 9.17) is 4.42 Å². The first-order valence-corrected chi connectivity index (χ1v) is 13.2. The van der Waals surface area contributed by atoms with E-state index in [1.165, 1.54) is 37.5 Å². The number of nitrogens with one attached hydrogen (secondary N) is 2. The lowest BCUT2D eigenvalue weighted by atomic mass is 9.95. The first-order chi connectivity index (χ1) is 20.3. The smallest absolute Gasteiger partial charge is 0.290 e. The first-order valence-electron chi connectivity index (χ1n) is 13.2. The van der Waals surface area contributed by atoms with Crippen LogP contribution in [-0.4, -0.2) is 28.7 Å². The molecule has 0 aliphatic carbocycles. The van der Waals surface area contributed by atoms with E-state index >= 15 is 0 Å². The Hall–Kier alpha value is -5.18. The third kappa shape index (κ3) is 4.83. The van der Waals surface area contributed by atoms with Crippen molar-refractivity contribution in [1.29, 1.82) is 0 Å². The van der Waals surface area contributed by atoms with Crippen LogP contribution >= 0.6 is 0 Å². The fraction of sp³-hybridized carbons (Fsp3) is 0.121. The number of pyridine rings is 1. The second-order valence-corrected chi connectivity index (χ2v) is 9.88. The van der Waals surface area contributed by atoms with Crippen LogP contribution in [0, 0.1) is 5.82 Å². The van der Waals surface area contributed by atoms with Crippen LogP contribution in [0.5, 0.6) is 0 Å². The minimum absolute atomic E-state index is 0.285. The molecule has 0 aliphatic rings. The maximum Gasteiger partial charge on any atom is 0.290 e. The van der Waals surface area contributed by atoms with Gasteiger partial charge < -0.3 is 14.7 Å². The highest BCUT2D eigenvalue weighted by Crippen LogP contribution is 2.41. The quantitative estimate of drug-likeness (QED) is 0.183. The van der Waals surface area contributed by atoms with E-state index in [-0.39, 0.29) is 29.1 Å². The van der Waals surface area contributed by atoms with Crippen LogP contribution in [0.3, 0.4) is 0 Å². The van der Waals surface area contributed by atoms with E-state index in [0.29, 0.717) is 44.3 Å². The minimum Gasteiger partial charge on any atom is -0.454 e. The zero-order chi connectivity index (χ0) is 29.4. The van der Waals surface area contributed by atoms with Gasteiger partial charge in [0, 0.05) is 59.7 Å². The molecule has 6 rings (SSSR count). The lowest BCUT2D eigenvalue weighted by Gasteiger charge is -2.15. The zero-order valence-corrected chi connectivity index (χ0v) is 22.4. The lowest BCUT2D eigenvalue weighted by molar-refractivity contribution is -0.0183. The molecule has 2 N–H and O–H groups in total. The SMILES string of the molecule is CNC(=O)c1c(-c2ccc(F)cc2)oc2c1cc(-c1cccc(C(=O)CCC(F)(F)c3ccccn3)c1)c1[nH]ccc12. The summed E-state index contributed by atoms with van der Waals surface area (Å²) in [5.41, 5.74) is 3.25. The van der Waals surface area contributed by atoms with Crippen molar-refractivity contribution >= 4 is 33.6 Å². The Bertz CT molecular complexity index is 1940. The number of H-pyrrole nitrogens is 1. The van der Waals surface area contributed by atoms with E-state index in [0.717, 1.165) is 0 Å². The molecule has 3 heterocycles. The molecule has 6 nitrogen and oxygen atoms in total. The van der Waals surface area contributed by atoms with Crippen molar-refractivity contribution in [2.24, 2.45) is 0 Å². The number of hydrogen-bond donors (Lipinski definition) is 2. The predicted molar refractivity (Wildman–Crippen MR) is 154 cm³/mol. The molecule has 0 aliphatic heterocycles. The number of aromatic amines is 1. The number of benzene rings is 3. The number of halogens is 3. The third-order valence-electron chi connectivity index (χ3n) is 7.26. The van der Waals surface area contributed by atoms with Gasteiger partial charge in [-0.3, -0.25) is 14.6 Å². The summed E-state index contributed by atoms with van der Waals surface area (Å²) in [5, 5.41) is 3.88. The molecule has 3 aromatic carbocycles. The number of Topliss-reactive ketones (excluding diaryl/α,β-unsaturated/α-hetero) is 1. The number of carbonyl (C=O) groups is 2. The van der Waals surface area contributed by atoms with Crippen molar-refractivity contribution in [2.45, 2.75) is 18.8 Å². The number of furan rings is 1. The fourth-order valence-electron chi connectivity index (χ4n) is 5.14. The van der Waals surface area contributed by atoms with Crippen molar-refractivity contribution < 1.29 is 27.2 Å². The summed E-state index contributed by atoms with van der Waals surface area (Å²) in [5.74, 6) is -4.17. The Balaban J connectivity index is 1.41. The summed E-state index contributed by atoms with van der Waals surface area (Å²) in [4.78, 5) is 33.1. The monoisotopic (exact) mass is 567 g/mol. The molecular weight excluding hydrogens is 543 g/mol. The van der Waals surface area contributed by atoms with Gasteiger partial charge in [0.1, 0.15) is 22.9 Å². The van der Waals surface area contributed by atoms with E-state index in [1.54, 1.807) is 54.7 Å². The predicted octanol–water partition coefficient (Wildman–Crippen LogP) is 7.90. The van der Waals surface area contributed by atoms with Gasteiger partial charge in [-0.05, 0) is 60.2 Å². The maximum absolute atomic E-state index is 14.7. The third-order valence-corrected chi connectivity index (χ3v) is 7.26. The molecule has 6 aromatic rings. The zero-order valence-electron chi connectivity index (χ0n) is 22.4. The Morgan fingerprint density at radius 1 is 0.952 bits per heavy atom. The number of ketones is 1. The highest BCUT2D eigenvalue weighted by molar-refractivity contribution is 6.19. The van der Waals surface area contributed by atoms with Crippen LogP contribution in [0.2, 0.25) is 0 Å². The molecule has 0 spiro atoms. The standard InChI is InChI=1S/C33H24F3N3O3/c1-37-32(41)28-25-18-24(29-23(13-16-39-29)31(25)42-30(28)19-8-10-22(34)11-9-19)20-5-4-6-21(17-20)26(40)12-14-33(35,36)27-7-2-3-15-38-27/h2-11,13,15-18,39H,12,14H2,1H3,(H,37,41). The van der Waals surface area contributed by atoms with Crippen LogP contribution in [-0.2, 0) is 5.92 Å². The highest BCUT2D eigenvalue weighted by Gasteiger charge is 2.33. The van der Waals surface area contributed by atoms with Crippen molar-refractivity contribution in [3.8, 4) is 22.5 Å². The van der Waals surface area contributed by atoms with Crippen LogP contribution in [0.4, 0.5) is 13.2 Å². The van der Waals surface area contributed by atoms with Crippen LogP contribution in [0.15, 0.2) is 95.7 Å². The van der Waals surface area contributed by atoms with Crippen LogP contribution in [0.1, 0.15) is 39.3 Å². The molecule has 42 heavy (non-hydrogen) atoms. The fourth-order valence-corrected chi connectivity index (χ4v) is 5.14. The molecule has 0 atom stereocenters. The van der Waals surface area contributed by atoms with Gasteiger partial charge >= 0.3 is 0 Å². The Morgan fingerprint density at radius 2 is 1.76 bits per heavy atom. The molecule has 9 heteroatoms. The Labute approximate surface area is 238 Å². The summed E-state index contributed by atoms with van der Waals surface area (Å²) in [6.07, 6.45) is 2.00. The first kappa shape index (κ1) is 27.0. The second-order valence-electron chi connectivity index (χ2n) is 9.88. The molecule has 0 bridgehead atoms. The van der Waals surface area contributed by atoms with Crippen molar-refractivity contribution in [3.05, 3.63) is 114 Å². The number of amides is 1. The molecule has 0 saturated carbocycles. The maximum atomic E-state index is 14.7. The van der Waals surface area contributed by atoms with Gasteiger partial charge in [-0.1, -0.05) is 24.3 Å². The number of nitrogens with zero attached hydrogens (tertiary/aromatic N) is 1. The largest absolute Gasteiger partial charge is 0.454 e. The molecule has 0 saturated heterocycles. The van der Waals surface area contributed by atoms with E-state index in [1.807, 2.05) is 6.07 Å². The molecular formula is C33H24F3N3O3. The van der Waals surface area contributed by atoms with Gasteiger partial charge in [0.2, 0.25) is 0 Å². The van der Waals surface area contributed by atoms with Gasteiger partial charge in [-0.2, -0.15) is 8.78 Å². The van der Waals surface area contributed by atoms with Crippen molar-refractivity contribution in [1.82, 2.24) is 15.3 Å². The van der Waals surface area contributed by atoms with Gasteiger partial charge in [0.05, 0.1) is 11.1 Å². The number of aromatic nitrogens is 2. The average molecular weight is 568 g/mol. The Kier molecular flexibility index (Phi) is 6.86. The average Bonchev–Trinajstić information content (AvgIpc) is 3.65. The summed E-state index contributed by atoms with van der Waals surface area (Å²) >= 11 is 0. The summed E-state index contributed by atoms with van der Waals surface area (Å²) < 4.78 is 49.2. The molecule has 3 aromatic heterocycles. The molecule has 210 valence electrons.